The first-order chi connectivity index (χ1) is 38.4. The molecule has 81 heavy (non-hydrogen) atoms. The number of amides is 4. The van der Waals surface area contributed by atoms with Crippen molar-refractivity contribution >= 4 is 35.6 Å². The first kappa shape index (κ1) is 69.4. The van der Waals surface area contributed by atoms with Gasteiger partial charge in [0, 0.05) is 46.4 Å². The average Bonchev–Trinajstić information content (AvgIpc) is 3.43. The van der Waals surface area contributed by atoms with Crippen molar-refractivity contribution in [2.24, 2.45) is 0 Å². The van der Waals surface area contributed by atoms with Crippen molar-refractivity contribution in [2.75, 3.05) is 79.2 Å². The highest BCUT2D eigenvalue weighted by Gasteiger charge is 2.61. The number of carbonyl (C=O) groups is 6. The number of carboxylic acid groups (broad SMARTS) is 2. The molecule has 4 aliphatic rings. The second-order valence-electron chi connectivity index (χ2n) is 19.5. The molecule has 34 nitrogen and oxygen atoms in total. The highest BCUT2D eigenvalue weighted by Crippen LogP contribution is 2.39. The number of rotatable bonds is 34. The van der Waals surface area contributed by atoms with E-state index in [1.165, 1.54) is 6.92 Å². The molecule has 0 aliphatic carbocycles. The van der Waals surface area contributed by atoms with Crippen molar-refractivity contribution in [1.82, 2.24) is 21.3 Å². The summed E-state index contributed by atoms with van der Waals surface area (Å²) in [5.41, 5.74) is 0. The summed E-state index contributed by atoms with van der Waals surface area (Å²) in [5, 5.41) is 148. The van der Waals surface area contributed by atoms with E-state index in [9.17, 15) is 90.0 Å². The van der Waals surface area contributed by atoms with Crippen LogP contribution in [0.2, 0.25) is 0 Å². The van der Waals surface area contributed by atoms with E-state index in [0.29, 0.717) is 12.8 Å². The molecule has 0 aromatic heterocycles. The summed E-state index contributed by atoms with van der Waals surface area (Å²) in [6, 6.07) is -3.16. The lowest BCUT2D eigenvalue weighted by atomic mass is 9.88. The third kappa shape index (κ3) is 20.3. The Labute approximate surface area is 463 Å². The summed E-state index contributed by atoms with van der Waals surface area (Å²) in [5.74, 6) is -8.61. The second-order valence-corrected chi connectivity index (χ2v) is 19.5. The number of ether oxygens (including phenoxy) is 11. The third-order valence-corrected chi connectivity index (χ3v) is 13.2. The van der Waals surface area contributed by atoms with Gasteiger partial charge in [0.25, 0.3) is 5.79 Å². The van der Waals surface area contributed by atoms with Gasteiger partial charge in [0.2, 0.25) is 23.6 Å². The molecule has 21 atom stereocenters. The first-order valence-electron chi connectivity index (χ1n) is 26.2. The van der Waals surface area contributed by atoms with E-state index in [0.717, 1.165) is 13.8 Å². The fraction of sp³-hybridized carbons (Fsp3) is 0.872. The molecule has 34 heteroatoms. The number of carboxylic acids is 2. The quantitative estimate of drug-likeness (QED) is 0.0266. The van der Waals surface area contributed by atoms with Crippen molar-refractivity contribution in [2.45, 2.75) is 181 Å². The molecular weight excluding hydrogens is 1100 g/mol. The number of aliphatic hydroxyl groups excluding tert-OH is 11. The Hall–Kier alpha value is -4.06. The summed E-state index contributed by atoms with van der Waals surface area (Å²) in [6.45, 7) is 0.145. The molecule has 0 saturated carbocycles. The van der Waals surface area contributed by atoms with Crippen LogP contribution in [0, 0.1) is 0 Å². The van der Waals surface area contributed by atoms with Gasteiger partial charge >= 0.3 is 11.9 Å². The molecule has 4 saturated heterocycles. The largest absolute Gasteiger partial charge is 0.480 e. The van der Waals surface area contributed by atoms with Gasteiger partial charge in [0.1, 0.15) is 98.6 Å². The molecular formula is C47H80N4O30. The first-order valence-corrected chi connectivity index (χ1v) is 26.2. The van der Waals surface area contributed by atoms with Crippen LogP contribution in [0.15, 0.2) is 0 Å². The van der Waals surface area contributed by atoms with Crippen molar-refractivity contribution < 1.29 is 147 Å². The van der Waals surface area contributed by atoms with E-state index in [4.69, 9.17) is 57.2 Å². The fourth-order valence-electron chi connectivity index (χ4n) is 9.09. The Morgan fingerprint density at radius 2 is 1.20 bits per heavy atom. The van der Waals surface area contributed by atoms with Crippen LogP contribution >= 0.6 is 0 Å². The van der Waals surface area contributed by atoms with E-state index in [1.54, 1.807) is 0 Å². The van der Waals surface area contributed by atoms with E-state index in [-0.39, 0.29) is 71.5 Å². The van der Waals surface area contributed by atoms with Crippen LogP contribution < -0.4 is 21.3 Å². The lowest BCUT2D eigenvalue weighted by Gasteiger charge is -2.51. The van der Waals surface area contributed by atoms with Crippen LogP contribution in [0.4, 0.5) is 0 Å². The van der Waals surface area contributed by atoms with E-state index in [2.05, 4.69) is 21.3 Å². The Kier molecular flexibility index (Phi) is 29.2. The predicted octanol–water partition coefficient (Wildman–Crippen LogP) is -9.28. The lowest BCUT2D eigenvalue weighted by Crippen LogP contribution is -2.71. The van der Waals surface area contributed by atoms with Crippen molar-refractivity contribution in [1.29, 1.82) is 0 Å². The van der Waals surface area contributed by atoms with Crippen molar-refractivity contribution in [3.05, 3.63) is 0 Å². The minimum Gasteiger partial charge on any atom is -0.480 e. The van der Waals surface area contributed by atoms with Gasteiger partial charge in [-0.2, -0.15) is 0 Å². The van der Waals surface area contributed by atoms with E-state index < -0.39 is 191 Å². The second kappa shape index (κ2) is 34.0. The Balaban J connectivity index is 1.46. The Bertz CT molecular complexity index is 1970. The molecule has 2 unspecified atom stereocenters. The Morgan fingerprint density at radius 1 is 0.617 bits per heavy atom. The van der Waals surface area contributed by atoms with Gasteiger partial charge in [-0.15, -0.1) is 0 Å². The highest BCUT2D eigenvalue weighted by atomic mass is 16.8. The average molecular weight is 1180 g/mol. The minimum atomic E-state index is -3.16. The molecule has 0 radical (unpaired) electrons. The summed E-state index contributed by atoms with van der Waals surface area (Å²) in [7, 11) is 0. The van der Waals surface area contributed by atoms with Gasteiger partial charge in [-0.3, -0.25) is 19.2 Å². The number of hydrogen-bond donors (Lipinski definition) is 17. The number of aliphatic hydroxyl groups is 11. The summed E-state index contributed by atoms with van der Waals surface area (Å²) >= 11 is 0. The maximum Gasteiger partial charge on any atom is 0.364 e. The molecule has 4 heterocycles. The number of aliphatic carboxylic acids is 2. The van der Waals surface area contributed by atoms with Crippen molar-refractivity contribution in [3.63, 3.8) is 0 Å². The zero-order valence-corrected chi connectivity index (χ0v) is 44.8. The molecule has 468 valence electrons. The standard InChI is InChI=1S/C47H80N4O30/c1-21-33(63)36(66)37(67)44(75-21)79-41-32(51-23(3)56)43(74-10-6-4-5-7-28(59)48-8-9-49-29(60)19-72-13-11-71-12-14-73-20-30(61)62)77-27(18-54)39(41)78-45-38(68)42(35(65)26(17-53)76-45)81-47(46(69)70)15-24(57)31(50-22(2)55)40(80-47)34(64)25(58)16-52/h21,24-27,31-45,52-54,57-58,63-68H,4-20H2,1-3H3,(H,48,59)(H,49,60)(H,50,55)(H,51,56)(H,61,62)(H,69,70)/t21-,24-,25?,26+,27+,31+,32+,33+,34?,35-,36+,37-,38+,39+,40+,41+,42-,43+,44-,45-,47-/m0/s1. The van der Waals surface area contributed by atoms with Crippen LogP contribution in [0.25, 0.3) is 0 Å². The van der Waals surface area contributed by atoms with Gasteiger partial charge in [-0.1, -0.05) is 6.42 Å². The molecule has 4 fully saturated rings. The molecule has 17 N–H and O–H groups in total. The van der Waals surface area contributed by atoms with Crippen LogP contribution in [-0.2, 0) is 80.9 Å². The normalized spacial score (nSPS) is 35.0. The highest BCUT2D eigenvalue weighted by molar-refractivity contribution is 5.78. The van der Waals surface area contributed by atoms with E-state index in [1.807, 2.05) is 0 Å². The third-order valence-electron chi connectivity index (χ3n) is 13.2. The molecule has 4 aliphatic heterocycles. The van der Waals surface area contributed by atoms with Crippen LogP contribution in [0.3, 0.4) is 0 Å². The summed E-state index contributed by atoms with van der Waals surface area (Å²) in [4.78, 5) is 73.1. The van der Waals surface area contributed by atoms with Gasteiger partial charge < -0.3 is 140 Å². The summed E-state index contributed by atoms with van der Waals surface area (Å²) < 4.78 is 62.7. The molecule has 0 spiro atoms. The van der Waals surface area contributed by atoms with Gasteiger partial charge in [0.15, 0.2) is 18.9 Å². The molecule has 0 aromatic rings. The topological polar surface area (TPSA) is 515 Å². The number of nitrogens with one attached hydrogen (secondary N) is 4. The molecule has 4 amide bonds. The molecule has 0 aromatic carbocycles. The Morgan fingerprint density at radius 3 is 1.80 bits per heavy atom. The predicted molar refractivity (Wildman–Crippen MR) is 261 cm³/mol. The molecule has 0 bridgehead atoms. The van der Waals surface area contributed by atoms with Gasteiger partial charge in [-0.25, -0.2) is 9.59 Å². The van der Waals surface area contributed by atoms with Crippen molar-refractivity contribution in [3.8, 4) is 0 Å². The van der Waals surface area contributed by atoms with Crippen LogP contribution in [0.5, 0.6) is 0 Å². The number of carbonyl (C=O) groups excluding carboxylic acids is 4. The zero-order valence-electron chi connectivity index (χ0n) is 44.8. The van der Waals surface area contributed by atoms with E-state index >= 15 is 0 Å². The minimum absolute atomic E-state index is 0.0793. The SMILES string of the molecule is CC(=O)N[C@@H]1[C@@H](O)C[C@](O[C@H]2[C@@H](O)[C@@H](CO)O[C@@H](O[C@H]3[C@H](O[C@@H]4O[C@@H](C)[C@@H](O)[C@@H](O)[C@@H]4O)[C@@H](NC(C)=O)[C@H](OCCCCCC(=O)NCCNC(=O)COCCOCCOCC(=O)O)O[C@@H]3CO)[C@@H]2O)(C(=O)O)O[C@H]1C(O)C(O)CO. The van der Waals surface area contributed by atoms with Gasteiger partial charge in [-0.05, 0) is 19.8 Å². The molecule has 4 rings (SSSR count). The maximum atomic E-state index is 13.1. The monoisotopic (exact) mass is 1180 g/mol. The number of hydrogen-bond acceptors (Lipinski definition) is 28. The van der Waals surface area contributed by atoms with Crippen LogP contribution in [0.1, 0.15) is 52.9 Å². The number of unbranched alkanes of at least 4 members (excludes halogenated alkanes) is 2. The zero-order chi connectivity index (χ0) is 60.1. The fourth-order valence-corrected chi connectivity index (χ4v) is 9.09. The van der Waals surface area contributed by atoms with Gasteiger partial charge in [0.05, 0.1) is 64.5 Å². The van der Waals surface area contributed by atoms with Crippen LogP contribution in [-0.4, -0.2) is 309 Å². The lowest BCUT2D eigenvalue weighted by molar-refractivity contribution is -0.391. The summed E-state index contributed by atoms with van der Waals surface area (Å²) in [6.07, 6.45) is -34.2. The smallest absolute Gasteiger partial charge is 0.364 e. The maximum absolute atomic E-state index is 13.1.